The predicted molar refractivity (Wildman–Crippen MR) is 48.8 cm³/mol. The van der Waals surface area contributed by atoms with Crippen LogP contribution in [0.5, 0.6) is 0 Å². The minimum absolute atomic E-state index is 0.0404. The molecule has 0 radical (unpaired) electrons. The van der Waals surface area contributed by atoms with Gasteiger partial charge < -0.3 is 11.1 Å². The fourth-order valence-electron chi connectivity index (χ4n) is 0.917. The van der Waals surface area contributed by atoms with E-state index < -0.39 is 5.91 Å². The van der Waals surface area contributed by atoms with Gasteiger partial charge >= 0.3 is 0 Å². The second-order valence-corrected chi connectivity index (χ2v) is 2.48. The zero-order chi connectivity index (χ0) is 9.68. The number of nitriles is 1. The minimum atomic E-state index is -0.451. The van der Waals surface area contributed by atoms with Gasteiger partial charge in [0.05, 0.1) is 17.8 Å². The molecule has 1 aromatic carbocycles. The summed E-state index contributed by atoms with van der Waals surface area (Å²) >= 11 is 0. The lowest BCUT2D eigenvalue weighted by molar-refractivity contribution is -0.116. The van der Waals surface area contributed by atoms with Crippen LogP contribution >= 0.6 is 0 Å². The molecule has 1 amide bonds. The smallest absolute Gasteiger partial charge is 0.236 e. The molecule has 4 nitrogen and oxygen atoms in total. The summed E-state index contributed by atoms with van der Waals surface area (Å²) < 4.78 is 0. The van der Waals surface area contributed by atoms with Crippen LogP contribution in [0.4, 0.5) is 5.69 Å². The van der Waals surface area contributed by atoms with Gasteiger partial charge in [-0.15, -0.1) is 0 Å². The maximum absolute atomic E-state index is 10.4. The number of amides is 1. The Morgan fingerprint density at radius 3 is 2.85 bits per heavy atom. The first-order valence-electron chi connectivity index (χ1n) is 3.75. The standard InChI is InChI=1S/C9H9N3O/c10-5-7-3-1-2-4-8(7)12-6-9(11)13/h1-4,12H,6H2,(H2,11,13). The summed E-state index contributed by atoms with van der Waals surface area (Å²) in [6.45, 7) is 0.0404. The summed E-state index contributed by atoms with van der Waals surface area (Å²) in [5.74, 6) is -0.451. The molecule has 1 aromatic rings. The monoisotopic (exact) mass is 175 g/mol. The fraction of sp³-hybridized carbons (Fsp3) is 0.111. The number of nitrogens with one attached hydrogen (secondary N) is 1. The average molecular weight is 175 g/mol. The van der Waals surface area contributed by atoms with Crippen LogP contribution in [0, 0.1) is 11.3 Å². The third-order valence-corrected chi connectivity index (χ3v) is 1.50. The number of hydrogen-bond acceptors (Lipinski definition) is 3. The molecule has 13 heavy (non-hydrogen) atoms. The molecule has 4 heteroatoms. The Kier molecular flexibility index (Phi) is 2.87. The number of carbonyl (C=O) groups is 1. The summed E-state index contributed by atoms with van der Waals surface area (Å²) in [6.07, 6.45) is 0. The largest absolute Gasteiger partial charge is 0.375 e. The summed E-state index contributed by atoms with van der Waals surface area (Å²) in [4.78, 5) is 10.4. The van der Waals surface area contributed by atoms with E-state index in [1.54, 1.807) is 24.3 Å². The van der Waals surface area contributed by atoms with Gasteiger partial charge in [-0.05, 0) is 12.1 Å². The minimum Gasteiger partial charge on any atom is -0.375 e. The molecule has 0 saturated heterocycles. The molecule has 0 atom stereocenters. The van der Waals surface area contributed by atoms with Crippen molar-refractivity contribution in [3.05, 3.63) is 29.8 Å². The number of anilines is 1. The van der Waals surface area contributed by atoms with Gasteiger partial charge in [0.15, 0.2) is 0 Å². The Morgan fingerprint density at radius 1 is 1.54 bits per heavy atom. The number of para-hydroxylation sites is 1. The van der Waals surface area contributed by atoms with Crippen molar-refractivity contribution in [2.75, 3.05) is 11.9 Å². The molecule has 0 aliphatic heterocycles. The zero-order valence-electron chi connectivity index (χ0n) is 6.95. The molecule has 1 rings (SSSR count). The number of rotatable bonds is 3. The van der Waals surface area contributed by atoms with E-state index in [0.717, 1.165) is 0 Å². The number of nitrogens with two attached hydrogens (primary N) is 1. The van der Waals surface area contributed by atoms with Crippen molar-refractivity contribution in [2.24, 2.45) is 5.73 Å². The van der Waals surface area contributed by atoms with Crippen LogP contribution < -0.4 is 11.1 Å². The Morgan fingerprint density at radius 2 is 2.23 bits per heavy atom. The Bertz CT molecular complexity index is 354. The van der Waals surface area contributed by atoms with Crippen LogP contribution in [0.2, 0.25) is 0 Å². The normalized spacial score (nSPS) is 8.85. The van der Waals surface area contributed by atoms with Crippen LogP contribution in [-0.4, -0.2) is 12.5 Å². The van der Waals surface area contributed by atoms with Gasteiger partial charge in [0.2, 0.25) is 5.91 Å². The quantitative estimate of drug-likeness (QED) is 0.700. The molecule has 0 aromatic heterocycles. The maximum atomic E-state index is 10.4. The van der Waals surface area contributed by atoms with E-state index >= 15 is 0 Å². The Labute approximate surface area is 76.0 Å². The summed E-state index contributed by atoms with van der Waals surface area (Å²) in [6, 6.07) is 8.94. The number of primary amides is 1. The lowest BCUT2D eigenvalue weighted by Gasteiger charge is -2.04. The highest BCUT2D eigenvalue weighted by atomic mass is 16.1. The summed E-state index contributed by atoms with van der Waals surface area (Å²) in [5, 5.41) is 11.4. The van der Waals surface area contributed by atoms with E-state index in [1.165, 1.54) is 0 Å². The Hall–Kier alpha value is -2.02. The second kappa shape index (κ2) is 4.12. The molecule has 66 valence electrons. The molecule has 0 unspecified atom stereocenters. The van der Waals surface area contributed by atoms with Crippen LogP contribution in [0.25, 0.3) is 0 Å². The molecule has 0 aliphatic rings. The third kappa shape index (κ3) is 2.49. The number of benzene rings is 1. The van der Waals surface area contributed by atoms with E-state index in [4.69, 9.17) is 11.0 Å². The molecule has 3 N–H and O–H groups in total. The van der Waals surface area contributed by atoms with Crippen molar-refractivity contribution in [2.45, 2.75) is 0 Å². The summed E-state index contributed by atoms with van der Waals surface area (Å²) in [7, 11) is 0. The number of hydrogen-bond donors (Lipinski definition) is 2. The van der Waals surface area contributed by atoms with Crippen LogP contribution in [-0.2, 0) is 4.79 Å². The number of nitrogens with zero attached hydrogens (tertiary/aromatic N) is 1. The van der Waals surface area contributed by atoms with Crippen LogP contribution in [0.3, 0.4) is 0 Å². The van der Waals surface area contributed by atoms with Crippen LogP contribution in [0.15, 0.2) is 24.3 Å². The predicted octanol–water partition coefficient (Wildman–Crippen LogP) is 0.455. The lowest BCUT2D eigenvalue weighted by Crippen LogP contribution is -2.22. The van der Waals surface area contributed by atoms with Crippen molar-refractivity contribution < 1.29 is 4.79 Å². The van der Waals surface area contributed by atoms with Gasteiger partial charge in [-0.3, -0.25) is 4.79 Å². The van der Waals surface area contributed by atoms with Gasteiger partial charge in [-0.25, -0.2) is 0 Å². The molecule has 0 bridgehead atoms. The topological polar surface area (TPSA) is 78.9 Å². The SMILES string of the molecule is N#Cc1ccccc1NCC(N)=O. The molecule has 0 aliphatic carbocycles. The highest BCUT2D eigenvalue weighted by Gasteiger charge is 2.00. The first kappa shape index (κ1) is 9.07. The van der Waals surface area contributed by atoms with Gasteiger partial charge in [0.1, 0.15) is 6.07 Å². The molecule has 0 spiro atoms. The maximum Gasteiger partial charge on any atom is 0.236 e. The van der Waals surface area contributed by atoms with Crippen molar-refractivity contribution in [3.63, 3.8) is 0 Å². The van der Waals surface area contributed by atoms with Gasteiger partial charge in [-0.2, -0.15) is 5.26 Å². The van der Waals surface area contributed by atoms with Gasteiger partial charge in [0, 0.05) is 0 Å². The molecular formula is C9H9N3O. The highest BCUT2D eigenvalue weighted by molar-refractivity contribution is 5.79. The van der Waals surface area contributed by atoms with E-state index in [2.05, 4.69) is 5.32 Å². The van der Waals surface area contributed by atoms with Crippen LogP contribution in [0.1, 0.15) is 5.56 Å². The highest BCUT2D eigenvalue weighted by Crippen LogP contribution is 2.12. The third-order valence-electron chi connectivity index (χ3n) is 1.50. The summed E-state index contributed by atoms with van der Waals surface area (Å²) in [5.41, 5.74) is 6.08. The fourth-order valence-corrected chi connectivity index (χ4v) is 0.917. The molecule has 0 saturated carbocycles. The van der Waals surface area contributed by atoms with Crippen molar-refractivity contribution in [1.82, 2.24) is 0 Å². The first-order valence-corrected chi connectivity index (χ1v) is 3.75. The molecular weight excluding hydrogens is 166 g/mol. The molecule has 0 fully saturated rings. The second-order valence-electron chi connectivity index (χ2n) is 2.48. The lowest BCUT2D eigenvalue weighted by atomic mass is 10.2. The van der Waals surface area contributed by atoms with Crippen molar-refractivity contribution in [1.29, 1.82) is 5.26 Å². The average Bonchev–Trinajstić information content (AvgIpc) is 2.15. The zero-order valence-corrected chi connectivity index (χ0v) is 6.95. The van der Waals surface area contributed by atoms with E-state index in [-0.39, 0.29) is 6.54 Å². The van der Waals surface area contributed by atoms with E-state index in [0.29, 0.717) is 11.3 Å². The van der Waals surface area contributed by atoms with E-state index in [1.807, 2.05) is 6.07 Å². The van der Waals surface area contributed by atoms with Crippen molar-refractivity contribution in [3.8, 4) is 6.07 Å². The number of carbonyl (C=O) groups excluding carboxylic acids is 1. The van der Waals surface area contributed by atoms with Gasteiger partial charge in [-0.1, -0.05) is 12.1 Å². The first-order chi connectivity index (χ1) is 6.24. The Balaban J connectivity index is 2.77. The van der Waals surface area contributed by atoms with E-state index in [9.17, 15) is 4.79 Å². The van der Waals surface area contributed by atoms with Gasteiger partial charge in [0.25, 0.3) is 0 Å². The molecule has 0 heterocycles. The van der Waals surface area contributed by atoms with Crippen molar-refractivity contribution >= 4 is 11.6 Å².